The van der Waals surface area contributed by atoms with E-state index in [1.54, 1.807) is 18.2 Å². The monoisotopic (exact) mass is 597 g/mol. The molecule has 0 radical (unpaired) electrons. The van der Waals surface area contributed by atoms with Gasteiger partial charge in [0.15, 0.2) is 5.69 Å². The molecule has 2 aromatic heterocycles. The Morgan fingerprint density at radius 3 is 2.53 bits per heavy atom. The number of rotatable bonds is 9. The van der Waals surface area contributed by atoms with Gasteiger partial charge in [0.2, 0.25) is 0 Å². The SMILES string of the molecule is COc1ccc(-n2nc(C(=O)NCCCN3CCC(Cc4ccccc4)CC3)c3c4ccccc4n(C)c3c2=O)cc1Cl. The van der Waals surface area contributed by atoms with Crippen LogP contribution in [0.5, 0.6) is 5.75 Å². The molecule has 0 unspecified atom stereocenters. The third-order valence-electron chi connectivity index (χ3n) is 8.54. The summed E-state index contributed by atoms with van der Waals surface area (Å²) < 4.78 is 8.35. The number of fused-ring (bicyclic) bond motifs is 3. The summed E-state index contributed by atoms with van der Waals surface area (Å²) in [5, 5.41) is 9.40. The second-order valence-electron chi connectivity index (χ2n) is 11.3. The molecule has 1 saturated heterocycles. The maximum Gasteiger partial charge on any atom is 0.296 e. The van der Waals surface area contributed by atoms with Crippen LogP contribution in [0.3, 0.4) is 0 Å². The molecule has 1 fully saturated rings. The fourth-order valence-corrected chi connectivity index (χ4v) is 6.50. The minimum Gasteiger partial charge on any atom is -0.495 e. The van der Waals surface area contributed by atoms with Gasteiger partial charge >= 0.3 is 0 Å². The molecule has 0 bridgehead atoms. The van der Waals surface area contributed by atoms with E-state index in [1.165, 1.54) is 30.2 Å². The van der Waals surface area contributed by atoms with E-state index in [1.807, 2.05) is 35.9 Å². The average molecular weight is 598 g/mol. The quantitative estimate of drug-likeness (QED) is 0.223. The minimum atomic E-state index is -0.331. The first-order valence-corrected chi connectivity index (χ1v) is 15.2. The molecule has 0 saturated carbocycles. The van der Waals surface area contributed by atoms with Gasteiger partial charge in [0.25, 0.3) is 11.5 Å². The molecule has 5 aromatic rings. The van der Waals surface area contributed by atoms with Crippen molar-refractivity contribution in [2.75, 3.05) is 33.3 Å². The number of benzene rings is 3. The molecule has 3 aromatic carbocycles. The lowest BCUT2D eigenvalue weighted by Gasteiger charge is -2.32. The molecular formula is C34H36ClN5O3. The summed E-state index contributed by atoms with van der Waals surface area (Å²) in [6.07, 6.45) is 4.37. The van der Waals surface area contributed by atoms with Crippen LogP contribution < -0.4 is 15.6 Å². The van der Waals surface area contributed by atoms with Crippen LogP contribution in [0.4, 0.5) is 0 Å². The van der Waals surface area contributed by atoms with E-state index in [0.29, 0.717) is 33.9 Å². The number of nitrogens with one attached hydrogen (secondary N) is 1. The molecule has 8 nitrogen and oxygen atoms in total. The number of para-hydroxylation sites is 1. The first kappa shape index (κ1) is 29.0. The van der Waals surface area contributed by atoms with Crippen molar-refractivity contribution in [2.24, 2.45) is 13.0 Å². The van der Waals surface area contributed by atoms with E-state index in [4.69, 9.17) is 16.3 Å². The molecular weight excluding hydrogens is 562 g/mol. The summed E-state index contributed by atoms with van der Waals surface area (Å²) >= 11 is 6.38. The number of likely N-dealkylation sites (tertiary alicyclic amines) is 1. The Balaban J connectivity index is 1.18. The molecule has 6 rings (SSSR count). The van der Waals surface area contributed by atoms with Crippen LogP contribution in [0.15, 0.2) is 77.6 Å². The highest BCUT2D eigenvalue weighted by molar-refractivity contribution is 6.32. The van der Waals surface area contributed by atoms with Gasteiger partial charge in [-0.3, -0.25) is 9.59 Å². The minimum absolute atomic E-state index is 0.208. The van der Waals surface area contributed by atoms with Gasteiger partial charge in [-0.15, -0.1) is 0 Å². The van der Waals surface area contributed by atoms with Gasteiger partial charge in [-0.1, -0.05) is 60.1 Å². The number of nitrogens with zero attached hydrogens (tertiary/aromatic N) is 4. The fourth-order valence-electron chi connectivity index (χ4n) is 6.25. The van der Waals surface area contributed by atoms with Gasteiger partial charge in [-0.25, -0.2) is 0 Å². The second kappa shape index (κ2) is 12.6. The Morgan fingerprint density at radius 2 is 1.79 bits per heavy atom. The predicted octanol–water partition coefficient (Wildman–Crippen LogP) is 5.61. The standard InChI is InChI=1S/C34H36ClN5O3/c1-38-28-12-7-6-11-26(28)30-31(37-40(34(42)32(30)38)25-13-14-29(43-2)27(35)22-25)33(41)36-17-8-18-39-19-15-24(16-20-39)21-23-9-4-3-5-10-23/h3-7,9-14,22,24H,8,15-21H2,1-2H3,(H,36,41). The van der Waals surface area contributed by atoms with Crippen molar-refractivity contribution in [1.82, 2.24) is 24.6 Å². The van der Waals surface area contributed by atoms with Crippen LogP contribution in [0.2, 0.25) is 5.02 Å². The Labute approximate surface area is 255 Å². The van der Waals surface area contributed by atoms with Crippen molar-refractivity contribution in [2.45, 2.75) is 25.7 Å². The maximum absolute atomic E-state index is 13.8. The lowest BCUT2D eigenvalue weighted by Crippen LogP contribution is -2.37. The Morgan fingerprint density at radius 1 is 1.05 bits per heavy atom. The number of aromatic nitrogens is 3. The zero-order valence-corrected chi connectivity index (χ0v) is 25.3. The largest absolute Gasteiger partial charge is 0.495 e. The number of halogens is 1. The number of aryl methyl sites for hydroxylation is 1. The Bertz CT molecular complexity index is 1820. The van der Waals surface area contributed by atoms with Gasteiger partial charge in [0.05, 0.1) is 17.8 Å². The van der Waals surface area contributed by atoms with E-state index >= 15 is 0 Å². The van der Waals surface area contributed by atoms with Gasteiger partial charge in [0.1, 0.15) is 11.3 Å². The smallest absolute Gasteiger partial charge is 0.296 e. The average Bonchev–Trinajstić information content (AvgIpc) is 3.33. The van der Waals surface area contributed by atoms with Crippen LogP contribution in [0, 0.1) is 5.92 Å². The molecule has 222 valence electrons. The topological polar surface area (TPSA) is 81.4 Å². The van der Waals surface area contributed by atoms with Crippen LogP contribution in [0.1, 0.15) is 35.3 Å². The molecule has 43 heavy (non-hydrogen) atoms. The number of ether oxygens (including phenoxy) is 1. The predicted molar refractivity (Wildman–Crippen MR) is 172 cm³/mol. The van der Waals surface area contributed by atoms with Crippen LogP contribution in [-0.4, -0.2) is 58.4 Å². The van der Waals surface area contributed by atoms with Crippen LogP contribution in [0.25, 0.3) is 27.5 Å². The summed E-state index contributed by atoms with van der Waals surface area (Å²) in [6, 6.07) is 23.4. The normalized spacial score (nSPS) is 14.4. The summed E-state index contributed by atoms with van der Waals surface area (Å²) in [4.78, 5) is 30.0. The zero-order chi connectivity index (χ0) is 29.9. The fraction of sp³-hybridized carbons (Fsp3) is 0.324. The molecule has 1 amide bonds. The van der Waals surface area contributed by atoms with Crippen molar-refractivity contribution in [3.8, 4) is 11.4 Å². The number of hydrogen-bond acceptors (Lipinski definition) is 5. The van der Waals surface area contributed by atoms with Crippen molar-refractivity contribution < 1.29 is 9.53 Å². The number of carbonyl (C=O) groups is 1. The maximum atomic E-state index is 13.8. The highest BCUT2D eigenvalue weighted by atomic mass is 35.5. The molecule has 1 aliphatic rings. The lowest BCUT2D eigenvalue weighted by molar-refractivity contribution is 0.0945. The third kappa shape index (κ3) is 5.90. The lowest BCUT2D eigenvalue weighted by atomic mass is 9.90. The van der Waals surface area contributed by atoms with E-state index in [-0.39, 0.29) is 17.2 Å². The van der Waals surface area contributed by atoms with E-state index in [2.05, 4.69) is 45.6 Å². The van der Waals surface area contributed by atoms with Crippen molar-refractivity contribution in [3.63, 3.8) is 0 Å². The highest BCUT2D eigenvalue weighted by Crippen LogP contribution is 2.30. The van der Waals surface area contributed by atoms with Crippen molar-refractivity contribution in [3.05, 3.63) is 99.4 Å². The molecule has 1 aliphatic heterocycles. The Hall–Kier alpha value is -4.14. The summed E-state index contributed by atoms with van der Waals surface area (Å²) in [6.45, 7) is 3.61. The summed E-state index contributed by atoms with van der Waals surface area (Å²) in [5.41, 5.74) is 3.01. The number of piperidine rings is 1. The second-order valence-corrected chi connectivity index (χ2v) is 11.7. The Kier molecular flexibility index (Phi) is 8.49. The van der Waals surface area contributed by atoms with E-state index in [9.17, 15) is 9.59 Å². The molecule has 9 heteroatoms. The third-order valence-corrected chi connectivity index (χ3v) is 8.84. The van der Waals surface area contributed by atoms with Gasteiger partial charge in [-0.2, -0.15) is 9.78 Å². The number of amides is 1. The zero-order valence-electron chi connectivity index (χ0n) is 24.6. The van der Waals surface area contributed by atoms with Crippen molar-refractivity contribution >= 4 is 39.3 Å². The van der Waals surface area contributed by atoms with Gasteiger partial charge in [0, 0.05) is 29.9 Å². The molecule has 0 spiro atoms. The van der Waals surface area contributed by atoms with Crippen molar-refractivity contribution in [1.29, 1.82) is 0 Å². The van der Waals surface area contributed by atoms with Gasteiger partial charge in [-0.05, 0) is 81.1 Å². The molecule has 0 atom stereocenters. The number of hydrogen-bond donors (Lipinski definition) is 1. The molecule has 1 N–H and O–H groups in total. The van der Waals surface area contributed by atoms with Gasteiger partial charge < -0.3 is 19.5 Å². The first-order chi connectivity index (χ1) is 20.9. The van der Waals surface area contributed by atoms with E-state index < -0.39 is 0 Å². The molecule has 0 aliphatic carbocycles. The van der Waals surface area contributed by atoms with Crippen LogP contribution in [-0.2, 0) is 13.5 Å². The number of methoxy groups -OCH3 is 1. The number of carbonyl (C=O) groups excluding carboxylic acids is 1. The first-order valence-electron chi connectivity index (χ1n) is 14.8. The summed E-state index contributed by atoms with van der Waals surface area (Å²) in [7, 11) is 3.37. The highest BCUT2D eigenvalue weighted by Gasteiger charge is 2.24. The van der Waals surface area contributed by atoms with Crippen LogP contribution >= 0.6 is 11.6 Å². The molecule has 3 heterocycles. The summed E-state index contributed by atoms with van der Waals surface area (Å²) in [5.74, 6) is 0.905. The van der Waals surface area contributed by atoms with E-state index in [0.717, 1.165) is 49.3 Å².